The van der Waals surface area contributed by atoms with Crippen molar-refractivity contribution in [1.29, 1.82) is 0 Å². The van der Waals surface area contributed by atoms with Crippen LogP contribution in [0.1, 0.15) is 44.6 Å². The van der Waals surface area contributed by atoms with Crippen molar-refractivity contribution in [1.82, 2.24) is 0 Å². The Bertz CT molecular complexity index is 333. The number of carbonyl (C=O) groups excluding carboxylic acids is 1. The van der Waals surface area contributed by atoms with Gasteiger partial charge in [-0.25, -0.2) is 0 Å². The molecule has 0 aromatic heterocycles. The lowest BCUT2D eigenvalue weighted by Gasteiger charge is -2.03. The van der Waals surface area contributed by atoms with Crippen molar-refractivity contribution >= 4 is 17.4 Å². The molecule has 1 nitrogen and oxygen atoms in total. The summed E-state index contributed by atoms with van der Waals surface area (Å²) >= 11 is 6.00. The summed E-state index contributed by atoms with van der Waals surface area (Å²) in [5, 5.41) is 0.699. The van der Waals surface area contributed by atoms with Crippen molar-refractivity contribution < 1.29 is 4.79 Å². The summed E-state index contributed by atoms with van der Waals surface area (Å²) in [5.41, 5.74) is 0.949. The monoisotopic (exact) mass is 238 g/mol. The average Bonchev–Trinajstić information content (AvgIpc) is 2.28. The van der Waals surface area contributed by atoms with Gasteiger partial charge in [0.25, 0.3) is 0 Å². The Morgan fingerprint density at radius 3 is 2.62 bits per heavy atom. The molecule has 1 aromatic rings. The fourth-order valence-electron chi connectivity index (χ4n) is 1.69. The molecule has 0 aliphatic heterocycles. The Labute approximate surface area is 103 Å². The lowest BCUT2D eigenvalue weighted by atomic mass is 10.0. The Morgan fingerprint density at radius 1 is 1.19 bits per heavy atom. The second kappa shape index (κ2) is 7.45. The van der Waals surface area contributed by atoms with Crippen LogP contribution in [0.2, 0.25) is 5.02 Å². The predicted octanol–water partition coefficient (Wildman–Crippen LogP) is 4.42. The number of benzene rings is 1. The van der Waals surface area contributed by atoms with Crippen LogP contribution >= 0.6 is 11.6 Å². The SMILES string of the molecule is CCCCCCC(=O)Cc1ccccc1Cl. The molecule has 1 aromatic carbocycles. The minimum atomic E-state index is 0.296. The molecule has 0 aliphatic rings. The van der Waals surface area contributed by atoms with Gasteiger partial charge in [-0.2, -0.15) is 0 Å². The van der Waals surface area contributed by atoms with Crippen molar-refractivity contribution in [3.8, 4) is 0 Å². The van der Waals surface area contributed by atoms with E-state index in [4.69, 9.17) is 11.6 Å². The first-order valence-corrected chi connectivity index (χ1v) is 6.37. The topological polar surface area (TPSA) is 17.1 Å². The minimum Gasteiger partial charge on any atom is -0.299 e. The summed E-state index contributed by atoms with van der Waals surface area (Å²) in [6.07, 6.45) is 5.76. The Balaban J connectivity index is 2.32. The lowest BCUT2D eigenvalue weighted by Crippen LogP contribution is -2.02. The third-order valence-electron chi connectivity index (χ3n) is 2.65. The minimum absolute atomic E-state index is 0.296. The van der Waals surface area contributed by atoms with Crippen LogP contribution in [0.4, 0.5) is 0 Å². The van der Waals surface area contributed by atoms with Crippen LogP contribution in [0.15, 0.2) is 24.3 Å². The van der Waals surface area contributed by atoms with Gasteiger partial charge >= 0.3 is 0 Å². The second-order valence-electron chi connectivity index (χ2n) is 4.12. The molecule has 16 heavy (non-hydrogen) atoms. The van der Waals surface area contributed by atoms with Crippen LogP contribution in [0.3, 0.4) is 0 Å². The first-order chi connectivity index (χ1) is 7.74. The van der Waals surface area contributed by atoms with Crippen LogP contribution in [-0.2, 0) is 11.2 Å². The third-order valence-corrected chi connectivity index (χ3v) is 3.02. The third kappa shape index (κ3) is 4.80. The molecule has 1 rings (SSSR count). The number of hydrogen-bond acceptors (Lipinski definition) is 1. The highest BCUT2D eigenvalue weighted by atomic mass is 35.5. The maximum Gasteiger partial charge on any atom is 0.137 e. The summed E-state index contributed by atoms with van der Waals surface area (Å²) in [4.78, 5) is 11.7. The van der Waals surface area contributed by atoms with Gasteiger partial charge in [0.15, 0.2) is 0 Å². The molecule has 0 radical (unpaired) electrons. The molecule has 2 heteroatoms. The normalized spacial score (nSPS) is 10.4. The van der Waals surface area contributed by atoms with E-state index in [1.165, 1.54) is 12.8 Å². The standard InChI is InChI=1S/C14H19ClO/c1-2-3-4-5-9-13(16)11-12-8-6-7-10-14(12)15/h6-8,10H,2-5,9,11H2,1H3. The van der Waals surface area contributed by atoms with E-state index in [0.717, 1.165) is 18.4 Å². The molecule has 0 N–H and O–H groups in total. The maximum atomic E-state index is 11.7. The number of ketones is 1. The van der Waals surface area contributed by atoms with Crippen molar-refractivity contribution in [3.63, 3.8) is 0 Å². The number of hydrogen-bond donors (Lipinski definition) is 0. The number of rotatable bonds is 7. The predicted molar refractivity (Wildman–Crippen MR) is 68.9 cm³/mol. The highest BCUT2D eigenvalue weighted by molar-refractivity contribution is 6.31. The number of unbranched alkanes of at least 4 members (excludes halogenated alkanes) is 3. The summed E-state index contributed by atoms with van der Waals surface area (Å²) in [6, 6.07) is 7.57. The van der Waals surface area contributed by atoms with E-state index in [1.54, 1.807) is 0 Å². The summed E-state index contributed by atoms with van der Waals surface area (Å²) in [7, 11) is 0. The van der Waals surface area contributed by atoms with Gasteiger partial charge in [0.05, 0.1) is 0 Å². The molecule has 0 bridgehead atoms. The van der Waals surface area contributed by atoms with Crippen LogP contribution in [0, 0.1) is 0 Å². The molecule has 0 amide bonds. The van der Waals surface area contributed by atoms with E-state index in [9.17, 15) is 4.79 Å². The zero-order valence-corrected chi connectivity index (χ0v) is 10.6. The molecule has 0 unspecified atom stereocenters. The Hall–Kier alpha value is -0.820. The quantitative estimate of drug-likeness (QED) is 0.643. The zero-order chi connectivity index (χ0) is 11.8. The molecule has 0 saturated carbocycles. The molecule has 0 aliphatic carbocycles. The first-order valence-electron chi connectivity index (χ1n) is 5.99. The van der Waals surface area contributed by atoms with E-state index in [0.29, 0.717) is 23.6 Å². The molecular formula is C14H19ClO. The van der Waals surface area contributed by atoms with E-state index in [1.807, 2.05) is 24.3 Å². The van der Waals surface area contributed by atoms with Crippen molar-refractivity contribution in [2.45, 2.75) is 45.4 Å². The number of halogens is 1. The van der Waals surface area contributed by atoms with E-state index >= 15 is 0 Å². The van der Waals surface area contributed by atoms with E-state index in [2.05, 4.69) is 6.92 Å². The summed E-state index contributed by atoms with van der Waals surface area (Å²) in [5.74, 6) is 0.296. The summed E-state index contributed by atoms with van der Waals surface area (Å²) < 4.78 is 0. The zero-order valence-electron chi connectivity index (χ0n) is 9.84. The molecule has 0 spiro atoms. The molecular weight excluding hydrogens is 220 g/mol. The van der Waals surface area contributed by atoms with Gasteiger partial charge in [-0.15, -0.1) is 0 Å². The fraction of sp³-hybridized carbons (Fsp3) is 0.500. The van der Waals surface area contributed by atoms with Gasteiger partial charge < -0.3 is 0 Å². The smallest absolute Gasteiger partial charge is 0.137 e. The highest BCUT2D eigenvalue weighted by Gasteiger charge is 2.06. The van der Waals surface area contributed by atoms with Crippen LogP contribution in [-0.4, -0.2) is 5.78 Å². The summed E-state index contributed by atoms with van der Waals surface area (Å²) in [6.45, 7) is 2.17. The lowest BCUT2D eigenvalue weighted by molar-refractivity contribution is -0.118. The van der Waals surface area contributed by atoms with Gasteiger partial charge in [-0.1, -0.05) is 56.0 Å². The van der Waals surface area contributed by atoms with Crippen LogP contribution < -0.4 is 0 Å². The molecule has 0 atom stereocenters. The van der Waals surface area contributed by atoms with Gasteiger partial charge in [0, 0.05) is 17.9 Å². The Morgan fingerprint density at radius 2 is 1.94 bits per heavy atom. The van der Waals surface area contributed by atoms with Gasteiger partial charge in [-0.3, -0.25) is 4.79 Å². The van der Waals surface area contributed by atoms with Crippen molar-refractivity contribution in [2.75, 3.05) is 0 Å². The molecule has 0 fully saturated rings. The van der Waals surface area contributed by atoms with E-state index < -0.39 is 0 Å². The largest absolute Gasteiger partial charge is 0.299 e. The molecule has 88 valence electrons. The van der Waals surface area contributed by atoms with Gasteiger partial charge in [-0.05, 0) is 18.1 Å². The number of carbonyl (C=O) groups is 1. The van der Waals surface area contributed by atoms with Gasteiger partial charge in [0.2, 0.25) is 0 Å². The van der Waals surface area contributed by atoms with Gasteiger partial charge in [0.1, 0.15) is 5.78 Å². The second-order valence-corrected chi connectivity index (χ2v) is 4.52. The first kappa shape index (κ1) is 13.2. The molecule has 0 saturated heterocycles. The fourth-order valence-corrected chi connectivity index (χ4v) is 1.89. The van der Waals surface area contributed by atoms with Crippen molar-refractivity contribution in [2.24, 2.45) is 0 Å². The van der Waals surface area contributed by atoms with Crippen LogP contribution in [0.25, 0.3) is 0 Å². The number of Topliss-reactive ketones (excluding diaryl/α,β-unsaturated/α-hetero) is 1. The average molecular weight is 239 g/mol. The van der Waals surface area contributed by atoms with E-state index in [-0.39, 0.29) is 0 Å². The van der Waals surface area contributed by atoms with Crippen molar-refractivity contribution in [3.05, 3.63) is 34.9 Å². The highest BCUT2D eigenvalue weighted by Crippen LogP contribution is 2.16. The molecule has 0 heterocycles. The Kier molecular flexibility index (Phi) is 6.17. The maximum absolute atomic E-state index is 11.7. The van der Waals surface area contributed by atoms with Crippen LogP contribution in [0.5, 0.6) is 0 Å².